The fraction of sp³-hybridized carbons (Fsp3) is 0.300. The molecular formula is C20H22N2O2. The predicted octanol–water partition coefficient (Wildman–Crippen LogP) is 4.87. The van der Waals surface area contributed by atoms with Crippen LogP contribution in [0.15, 0.2) is 24.3 Å². The highest BCUT2D eigenvalue weighted by molar-refractivity contribution is 5.48. The van der Waals surface area contributed by atoms with E-state index in [-0.39, 0.29) is 7.43 Å². The van der Waals surface area contributed by atoms with E-state index in [1.165, 1.54) is 0 Å². The van der Waals surface area contributed by atoms with Crippen molar-refractivity contribution < 1.29 is 9.47 Å². The predicted molar refractivity (Wildman–Crippen MR) is 93.9 cm³/mol. The minimum atomic E-state index is 0. The molecule has 0 aliphatic rings. The minimum Gasteiger partial charge on any atom is -0.387 e. The second kappa shape index (κ2) is 8.04. The van der Waals surface area contributed by atoms with Gasteiger partial charge in [0, 0.05) is 0 Å². The van der Waals surface area contributed by atoms with E-state index in [9.17, 15) is 0 Å². The third kappa shape index (κ3) is 4.06. The van der Waals surface area contributed by atoms with E-state index < -0.39 is 0 Å². The number of rotatable bonds is 4. The van der Waals surface area contributed by atoms with Crippen molar-refractivity contribution in [3.63, 3.8) is 0 Å². The molecule has 124 valence electrons. The van der Waals surface area contributed by atoms with Gasteiger partial charge in [0.05, 0.1) is 0 Å². The van der Waals surface area contributed by atoms with Crippen LogP contribution in [0.3, 0.4) is 0 Å². The lowest BCUT2D eigenvalue weighted by molar-refractivity contribution is 0.498. The number of nitriles is 2. The molecule has 2 aromatic rings. The lowest BCUT2D eigenvalue weighted by Crippen LogP contribution is -1.97. The molecule has 0 aromatic heterocycles. The monoisotopic (exact) mass is 322 g/mol. The molecule has 0 aliphatic heterocycles. The molecule has 0 N–H and O–H groups in total. The Hall–Kier alpha value is -2.98. The molecule has 0 saturated carbocycles. The zero-order valence-corrected chi connectivity index (χ0v) is 13.7. The maximum absolute atomic E-state index is 8.70. The van der Waals surface area contributed by atoms with Crippen LogP contribution in [0.4, 0.5) is 0 Å². The molecule has 0 fully saturated rings. The lowest BCUT2D eigenvalue weighted by Gasteiger charge is -2.12. The molecule has 24 heavy (non-hydrogen) atoms. The van der Waals surface area contributed by atoms with E-state index in [4.69, 9.17) is 20.0 Å². The normalized spacial score (nSPS) is 9.42. The van der Waals surface area contributed by atoms with Crippen LogP contribution < -0.4 is 9.47 Å². The van der Waals surface area contributed by atoms with Gasteiger partial charge in [-0.25, -0.2) is 0 Å². The second-order valence-corrected chi connectivity index (χ2v) is 5.68. The van der Waals surface area contributed by atoms with Gasteiger partial charge in [0.1, 0.15) is 11.5 Å². The topological polar surface area (TPSA) is 66.0 Å². The third-order valence-corrected chi connectivity index (χ3v) is 3.74. The Kier molecular flexibility index (Phi) is 6.38. The molecule has 0 spiro atoms. The molecule has 0 atom stereocenters. The molecule has 0 heterocycles. The maximum Gasteiger partial charge on any atom is 0.292 e. The summed E-state index contributed by atoms with van der Waals surface area (Å²) in [5, 5.41) is 17.4. The summed E-state index contributed by atoms with van der Waals surface area (Å²) in [5.41, 5.74) is 6.08. The van der Waals surface area contributed by atoms with Gasteiger partial charge in [0.2, 0.25) is 0 Å². The van der Waals surface area contributed by atoms with Crippen LogP contribution in [0, 0.1) is 50.7 Å². The zero-order chi connectivity index (χ0) is 17.0. The van der Waals surface area contributed by atoms with E-state index >= 15 is 0 Å². The van der Waals surface area contributed by atoms with Gasteiger partial charge in [0.25, 0.3) is 12.5 Å². The highest BCUT2D eigenvalue weighted by Gasteiger charge is 2.10. The van der Waals surface area contributed by atoms with Gasteiger partial charge in [-0.15, -0.1) is 10.5 Å². The molecule has 4 nitrogen and oxygen atoms in total. The largest absolute Gasteiger partial charge is 0.387 e. The van der Waals surface area contributed by atoms with Gasteiger partial charge in [-0.2, -0.15) is 0 Å². The second-order valence-electron chi connectivity index (χ2n) is 5.68. The molecule has 4 heteroatoms. The van der Waals surface area contributed by atoms with E-state index in [1.54, 1.807) is 12.5 Å². The van der Waals surface area contributed by atoms with Crippen molar-refractivity contribution >= 4 is 0 Å². The van der Waals surface area contributed by atoms with Crippen LogP contribution in [0.5, 0.6) is 11.5 Å². The van der Waals surface area contributed by atoms with Gasteiger partial charge in [0.15, 0.2) is 0 Å². The standard InChI is InChI=1S/C19H18N2O2.CH4/c1-12-5-16(6-13(2)18(12)22-10-20)9-17-7-14(3)19(23-11-21)15(4)8-17;/h5-8H,9H2,1-4H3;1H4. The maximum atomic E-state index is 8.70. The molecule has 0 radical (unpaired) electrons. The molecular weight excluding hydrogens is 300 g/mol. The van der Waals surface area contributed by atoms with Crippen LogP contribution in [-0.4, -0.2) is 0 Å². The summed E-state index contributed by atoms with van der Waals surface area (Å²) in [6.45, 7) is 7.74. The van der Waals surface area contributed by atoms with Crippen LogP contribution in [-0.2, 0) is 6.42 Å². The van der Waals surface area contributed by atoms with E-state index in [0.29, 0.717) is 11.5 Å². The SMILES string of the molecule is C.Cc1cc(Cc2cc(C)c(OC#N)c(C)c2)cc(C)c1OC#N. The molecule has 0 unspecified atom stereocenters. The van der Waals surface area contributed by atoms with Crippen molar-refractivity contribution in [1.82, 2.24) is 0 Å². The fourth-order valence-corrected chi connectivity index (χ4v) is 2.93. The molecule has 0 bridgehead atoms. The minimum absolute atomic E-state index is 0. The van der Waals surface area contributed by atoms with E-state index in [0.717, 1.165) is 39.8 Å². The van der Waals surface area contributed by atoms with Gasteiger partial charge in [-0.3, -0.25) is 0 Å². The quantitative estimate of drug-likeness (QED) is 0.753. The van der Waals surface area contributed by atoms with Crippen molar-refractivity contribution in [2.45, 2.75) is 41.5 Å². The van der Waals surface area contributed by atoms with Gasteiger partial charge >= 0.3 is 0 Å². The molecule has 2 aromatic carbocycles. The first kappa shape index (κ1) is 19.1. The van der Waals surface area contributed by atoms with Gasteiger partial charge in [-0.1, -0.05) is 31.7 Å². The third-order valence-electron chi connectivity index (χ3n) is 3.74. The Bertz CT molecular complexity index is 711. The van der Waals surface area contributed by atoms with Crippen molar-refractivity contribution in [3.05, 3.63) is 57.6 Å². The highest BCUT2D eigenvalue weighted by atomic mass is 16.5. The summed E-state index contributed by atoms with van der Waals surface area (Å²) in [6.07, 6.45) is 4.22. The Labute approximate surface area is 143 Å². The van der Waals surface area contributed by atoms with Crippen LogP contribution in [0.1, 0.15) is 40.8 Å². The van der Waals surface area contributed by atoms with Crippen molar-refractivity contribution in [1.29, 1.82) is 10.5 Å². The van der Waals surface area contributed by atoms with Crippen LogP contribution >= 0.6 is 0 Å². The van der Waals surface area contributed by atoms with Crippen molar-refractivity contribution in [3.8, 4) is 24.0 Å². The summed E-state index contributed by atoms with van der Waals surface area (Å²) < 4.78 is 10.0. The Morgan fingerprint density at radius 1 is 0.708 bits per heavy atom. The number of nitrogens with zero attached hydrogens (tertiary/aromatic N) is 2. The van der Waals surface area contributed by atoms with Gasteiger partial charge in [-0.05, 0) is 67.5 Å². The van der Waals surface area contributed by atoms with Crippen molar-refractivity contribution in [2.75, 3.05) is 0 Å². The van der Waals surface area contributed by atoms with Gasteiger partial charge < -0.3 is 9.47 Å². The lowest BCUT2D eigenvalue weighted by atomic mass is 9.97. The Morgan fingerprint density at radius 2 is 1.00 bits per heavy atom. The average Bonchev–Trinajstić information content (AvgIpc) is 2.47. The van der Waals surface area contributed by atoms with Crippen LogP contribution in [0.2, 0.25) is 0 Å². The molecule has 0 aliphatic carbocycles. The summed E-state index contributed by atoms with van der Waals surface area (Å²) in [6, 6.07) is 8.13. The number of hydrogen-bond acceptors (Lipinski definition) is 4. The molecule has 0 amide bonds. The molecule has 0 saturated heterocycles. The first-order valence-electron chi connectivity index (χ1n) is 7.28. The summed E-state index contributed by atoms with van der Waals surface area (Å²) in [5.74, 6) is 1.25. The van der Waals surface area contributed by atoms with Crippen molar-refractivity contribution in [2.24, 2.45) is 0 Å². The van der Waals surface area contributed by atoms with Crippen LogP contribution in [0.25, 0.3) is 0 Å². The highest BCUT2D eigenvalue weighted by Crippen LogP contribution is 2.28. The first-order valence-corrected chi connectivity index (χ1v) is 7.28. The smallest absolute Gasteiger partial charge is 0.292 e. The summed E-state index contributed by atoms with van der Waals surface area (Å²) in [7, 11) is 0. The van der Waals surface area contributed by atoms with E-state index in [1.807, 2.05) is 52.0 Å². The fourth-order valence-electron chi connectivity index (χ4n) is 2.93. The number of benzene rings is 2. The summed E-state index contributed by atoms with van der Waals surface area (Å²) >= 11 is 0. The number of hydrogen-bond donors (Lipinski definition) is 0. The zero-order valence-electron chi connectivity index (χ0n) is 13.7. The molecule has 2 rings (SSSR count). The Balaban J connectivity index is 0.00000288. The number of aryl methyl sites for hydroxylation is 4. The summed E-state index contributed by atoms with van der Waals surface area (Å²) in [4.78, 5) is 0. The first-order chi connectivity index (χ1) is 11.0. The number of ether oxygens (including phenoxy) is 2. The van der Waals surface area contributed by atoms with E-state index in [2.05, 4.69) is 0 Å². The average molecular weight is 322 g/mol. The Morgan fingerprint density at radius 3 is 1.25 bits per heavy atom.